The van der Waals surface area contributed by atoms with Gasteiger partial charge in [-0.1, -0.05) is 17.8 Å². The Bertz CT molecular complexity index is 1520. The van der Waals surface area contributed by atoms with Crippen LogP contribution in [0.3, 0.4) is 0 Å². The standard InChI is InChI=1S/C28H24FN5OS2/c29-19-4-6-20(7-5-19)35-24-16-21(37-25-10-14-31-23-11-15-36-27(23)25)17-32-28(24)34-26-3-1-2-22(33-26)18-8-12-30-13-9-18/h1-7,10-11,14-18,30H,8-9,12-13H2,(H,32,33,34). The van der Waals surface area contributed by atoms with E-state index in [4.69, 9.17) is 14.7 Å². The quantitative estimate of drug-likeness (QED) is 0.228. The zero-order valence-corrected chi connectivity index (χ0v) is 21.5. The van der Waals surface area contributed by atoms with Crippen molar-refractivity contribution in [2.75, 3.05) is 18.4 Å². The summed E-state index contributed by atoms with van der Waals surface area (Å²) in [6, 6.07) is 18.0. The fraction of sp³-hybridized carbons (Fsp3) is 0.179. The first-order valence-electron chi connectivity index (χ1n) is 12.1. The molecule has 0 bridgehead atoms. The van der Waals surface area contributed by atoms with Gasteiger partial charge in [0, 0.05) is 39.9 Å². The van der Waals surface area contributed by atoms with E-state index in [0.717, 1.165) is 51.6 Å². The number of aromatic nitrogens is 3. The Labute approximate surface area is 222 Å². The zero-order chi connectivity index (χ0) is 25.0. The van der Waals surface area contributed by atoms with E-state index in [2.05, 4.69) is 21.7 Å². The van der Waals surface area contributed by atoms with E-state index < -0.39 is 0 Å². The predicted octanol–water partition coefficient (Wildman–Crippen LogP) is 7.38. The number of thiophene rings is 1. The monoisotopic (exact) mass is 529 g/mol. The van der Waals surface area contributed by atoms with Crippen molar-refractivity contribution in [2.45, 2.75) is 28.6 Å². The Balaban J connectivity index is 1.31. The summed E-state index contributed by atoms with van der Waals surface area (Å²) in [4.78, 5) is 16.0. The molecule has 0 spiro atoms. The molecule has 1 aromatic carbocycles. The van der Waals surface area contributed by atoms with Crippen LogP contribution in [0.1, 0.15) is 24.5 Å². The van der Waals surface area contributed by atoms with Gasteiger partial charge in [0.2, 0.25) is 0 Å². The normalized spacial score (nSPS) is 14.1. The molecule has 186 valence electrons. The molecule has 0 aliphatic carbocycles. The Morgan fingerprint density at radius 3 is 2.76 bits per heavy atom. The lowest BCUT2D eigenvalue weighted by atomic mass is 9.94. The molecule has 4 aromatic heterocycles. The summed E-state index contributed by atoms with van der Waals surface area (Å²) < 4.78 is 20.8. The highest BCUT2D eigenvalue weighted by atomic mass is 32.2. The van der Waals surface area contributed by atoms with Crippen LogP contribution >= 0.6 is 23.1 Å². The van der Waals surface area contributed by atoms with Gasteiger partial charge in [-0.25, -0.2) is 14.4 Å². The van der Waals surface area contributed by atoms with Gasteiger partial charge < -0.3 is 15.4 Å². The van der Waals surface area contributed by atoms with Crippen molar-refractivity contribution in [2.24, 2.45) is 0 Å². The van der Waals surface area contributed by atoms with Gasteiger partial charge in [-0.15, -0.1) is 11.3 Å². The van der Waals surface area contributed by atoms with Crippen molar-refractivity contribution >= 4 is 45.0 Å². The third kappa shape index (κ3) is 5.58. The number of halogens is 1. The molecule has 1 aliphatic heterocycles. The topological polar surface area (TPSA) is 72.0 Å². The first kappa shape index (κ1) is 23.8. The molecule has 9 heteroatoms. The molecule has 0 amide bonds. The number of nitrogens with zero attached hydrogens (tertiary/aromatic N) is 3. The lowest BCUT2D eigenvalue weighted by Crippen LogP contribution is -2.27. The van der Waals surface area contributed by atoms with Crippen molar-refractivity contribution in [3.8, 4) is 11.5 Å². The molecule has 1 saturated heterocycles. The van der Waals surface area contributed by atoms with Crippen LogP contribution in [0.4, 0.5) is 16.0 Å². The van der Waals surface area contributed by atoms with Crippen molar-refractivity contribution < 1.29 is 9.13 Å². The summed E-state index contributed by atoms with van der Waals surface area (Å²) >= 11 is 3.27. The largest absolute Gasteiger partial charge is 0.453 e. The first-order valence-corrected chi connectivity index (χ1v) is 13.8. The SMILES string of the molecule is Fc1ccc(Oc2cc(Sc3ccnc4ccsc34)cnc2Nc2cccc(C3CCNCC3)n2)cc1. The lowest BCUT2D eigenvalue weighted by Gasteiger charge is -2.22. The number of hydrogen-bond acceptors (Lipinski definition) is 8. The molecule has 0 atom stereocenters. The average molecular weight is 530 g/mol. The molecule has 6 nitrogen and oxygen atoms in total. The maximum atomic E-state index is 13.5. The van der Waals surface area contributed by atoms with E-state index in [0.29, 0.717) is 29.1 Å². The van der Waals surface area contributed by atoms with Crippen LogP contribution in [0.25, 0.3) is 10.2 Å². The number of rotatable bonds is 7. The van der Waals surface area contributed by atoms with E-state index in [-0.39, 0.29) is 5.82 Å². The third-order valence-electron chi connectivity index (χ3n) is 6.18. The van der Waals surface area contributed by atoms with Gasteiger partial charge in [0.15, 0.2) is 11.6 Å². The van der Waals surface area contributed by atoms with Crippen LogP contribution < -0.4 is 15.4 Å². The number of nitrogens with one attached hydrogen (secondary N) is 2. The Kier molecular flexibility index (Phi) is 6.98. The Morgan fingerprint density at radius 1 is 1.03 bits per heavy atom. The van der Waals surface area contributed by atoms with Gasteiger partial charge in [0.1, 0.15) is 17.4 Å². The van der Waals surface area contributed by atoms with Gasteiger partial charge in [0.05, 0.1) is 10.2 Å². The van der Waals surface area contributed by atoms with E-state index in [1.54, 1.807) is 35.2 Å². The van der Waals surface area contributed by atoms with Crippen LogP contribution in [0.15, 0.2) is 88.2 Å². The van der Waals surface area contributed by atoms with Crippen molar-refractivity contribution in [1.82, 2.24) is 20.3 Å². The van der Waals surface area contributed by atoms with Crippen molar-refractivity contribution in [3.63, 3.8) is 0 Å². The maximum absolute atomic E-state index is 13.5. The summed E-state index contributed by atoms with van der Waals surface area (Å²) in [5, 5.41) is 8.79. The van der Waals surface area contributed by atoms with Gasteiger partial charge >= 0.3 is 0 Å². The summed E-state index contributed by atoms with van der Waals surface area (Å²) in [6.45, 7) is 2.02. The minimum absolute atomic E-state index is 0.315. The summed E-state index contributed by atoms with van der Waals surface area (Å²) in [7, 11) is 0. The second kappa shape index (κ2) is 10.8. The highest BCUT2D eigenvalue weighted by Crippen LogP contribution is 2.39. The smallest absolute Gasteiger partial charge is 0.175 e. The number of hydrogen-bond donors (Lipinski definition) is 2. The third-order valence-corrected chi connectivity index (χ3v) is 8.26. The Hall–Kier alpha value is -3.53. The summed E-state index contributed by atoms with van der Waals surface area (Å²) in [5.74, 6) is 2.43. The molecule has 5 aromatic rings. The molecule has 5 heterocycles. The molecule has 2 N–H and O–H groups in total. The molecule has 0 saturated carbocycles. The summed E-state index contributed by atoms with van der Waals surface area (Å²) in [5.41, 5.74) is 2.06. The number of piperidine rings is 1. The maximum Gasteiger partial charge on any atom is 0.175 e. The molecular weight excluding hydrogens is 505 g/mol. The lowest BCUT2D eigenvalue weighted by molar-refractivity contribution is 0.453. The molecule has 37 heavy (non-hydrogen) atoms. The van der Waals surface area contributed by atoms with Gasteiger partial charge in [0.25, 0.3) is 0 Å². The van der Waals surface area contributed by atoms with Crippen LogP contribution in [-0.2, 0) is 0 Å². The number of pyridine rings is 3. The van der Waals surface area contributed by atoms with Crippen molar-refractivity contribution in [1.29, 1.82) is 0 Å². The Morgan fingerprint density at radius 2 is 1.89 bits per heavy atom. The second-order valence-electron chi connectivity index (χ2n) is 8.72. The minimum atomic E-state index is -0.315. The molecular formula is C28H24FN5OS2. The van der Waals surface area contributed by atoms with Crippen LogP contribution in [0.5, 0.6) is 11.5 Å². The van der Waals surface area contributed by atoms with Crippen LogP contribution in [0, 0.1) is 5.82 Å². The van der Waals surface area contributed by atoms with Gasteiger partial charge in [-0.3, -0.25) is 4.98 Å². The molecule has 0 radical (unpaired) electrons. The second-order valence-corrected chi connectivity index (χ2v) is 10.7. The molecule has 6 rings (SSSR count). The number of ether oxygens (including phenoxy) is 1. The van der Waals surface area contributed by atoms with E-state index >= 15 is 0 Å². The number of benzene rings is 1. The highest BCUT2D eigenvalue weighted by Gasteiger charge is 2.18. The molecule has 0 unspecified atom stereocenters. The van der Waals surface area contributed by atoms with E-state index in [1.807, 2.05) is 48.1 Å². The van der Waals surface area contributed by atoms with Crippen LogP contribution in [-0.4, -0.2) is 28.0 Å². The van der Waals surface area contributed by atoms with Gasteiger partial charge in [-0.2, -0.15) is 0 Å². The summed E-state index contributed by atoms with van der Waals surface area (Å²) in [6.07, 6.45) is 5.79. The number of fused-ring (bicyclic) bond motifs is 1. The molecule has 1 aliphatic rings. The van der Waals surface area contributed by atoms with Gasteiger partial charge in [-0.05, 0) is 79.8 Å². The van der Waals surface area contributed by atoms with Crippen molar-refractivity contribution in [3.05, 3.63) is 89.9 Å². The number of anilines is 2. The zero-order valence-electron chi connectivity index (χ0n) is 19.9. The highest BCUT2D eigenvalue weighted by molar-refractivity contribution is 7.99. The molecule has 1 fully saturated rings. The average Bonchev–Trinajstić information content (AvgIpc) is 3.42. The van der Waals surface area contributed by atoms with E-state index in [1.165, 1.54) is 12.1 Å². The van der Waals surface area contributed by atoms with Crippen LogP contribution in [0.2, 0.25) is 0 Å². The van der Waals surface area contributed by atoms with E-state index in [9.17, 15) is 4.39 Å². The fourth-order valence-electron chi connectivity index (χ4n) is 4.33. The minimum Gasteiger partial charge on any atom is -0.453 e. The predicted molar refractivity (Wildman–Crippen MR) is 147 cm³/mol. The first-order chi connectivity index (χ1) is 18.2. The fourth-order valence-corrected chi connectivity index (χ4v) is 6.21.